The Morgan fingerprint density at radius 3 is 2.83 bits per heavy atom. The molecule has 0 radical (unpaired) electrons. The van der Waals surface area contributed by atoms with Gasteiger partial charge in [-0.25, -0.2) is 14.8 Å². The average molecular weight is 249 g/mol. The largest absolute Gasteiger partial charge is 0.478 e. The number of hydrogen-bond acceptors (Lipinski definition) is 4. The first-order valence-electron chi connectivity index (χ1n) is 6.41. The highest BCUT2D eigenvalue weighted by Gasteiger charge is 2.20. The van der Waals surface area contributed by atoms with Gasteiger partial charge in [-0.3, -0.25) is 4.90 Å². The summed E-state index contributed by atoms with van der Waals surface area (Å²) in [6.07, 6.45) is 9.04. The summed E-state index contributed by atoms with van der Waals surface area (Å²) in [6.45, 7) is 0.578. The first-order chi connectivity index (χ1) is 8.68. The van der Waals surface area contributed by atoms with Gasteiger partial charge in [-0.1, -0.05) is 19.3 Å². The molecule has 1 aromatic rings. The smallest absolute Gasteiger partial charge is 0.339 e. The van der Waals surface area contributed by atoms with Crippen molar-refractivity contribution in [2.75, 3.05) is 7.05 Å². The van der Waals surface area contributed by atoms with E-state index in [0.29, 0.717) is 18.3 Å². The van der Waals surface area contributed by atoms with E-state index in [1.807, 2.05) is 7.05 Å². The van der Waals surface area contributed by atoms with Crippen LogP contribution < -0.4 is 0 Å². The molecule has 5 heteroatoms. The van der Waals surface area contributed by atoms with Crippen molar-refractivity contribution in [3.63, 3.8) is 0 Å². The number of carboxylic acids is 1. The molecule has 0 unspecified atom stereocenters. The van der Waals surface area contributed by atoms with Gasteiger partial charge in [-0.15, -0.1) is 0 Å². The van der Waals surface area contributed by atoms with Crippen molar-refractivity contribution in [3.05, 3.63) is 23.8 Å². The van der Waals surface area contributed by atoms with Crippen LogP contribution in [0.5, 0.6) is 0 Å². The Morgan fingerprint density at radius 1 is 1.44 bits per heavy atom. The van der Waals surface area contributed by atoms with E-state index < -0.39 is 5.97 Å². The highest BCUT2D eigenvalue weighted by atomic mass is 16.4. The number of rotatable bonds is 4. The van der Waals surface area contributed by atoms with Crippen LogP contribution in [-0.2, 0) is 6.54 Å². The van der Waals surface area contributed by atoms with E-state index in [4.69, 9.17) is 5.11 Å². The molecule has 1 aromatic heterocycles. The number of aromatic carboxylic acids is 1. The van der Waals surface area contributed by atoms with Gasteiger partial charge in [0.25, 0.3) is 0 Å². The molecule has 0 aromatic carbocycles. The van der Waals surface area contributed by atoms with Crippen LogP contribution in [0.15, 0.2) is 12.5 Å². The molecule has 0 atom stereocenters. The Kier molecular flexibility index (Phi) is 4.25. The minimum Gasteiger partial charge on any atom is -0.478 e. The second-order valence-electron chi connectivity index (χ2n) is 4.90. The molecule has 1 saturated carbocycles. The lowest BCUT2D eigenvalue weighted by Gasteiger charge is -2.31. The Bertz CT molecular complexity index is 416. The molecular formula is C13H19N3O2. The van der Waals surface area contributed by atoms with E-state index in [1.54, 1.807) is 0 Å². The zero-order chi connectivity index (χ0) is 13.0. The fourth-order valence-corrected chi connectivity index (χ4v) is 2.55. The van der Waals surface area contributed by atoms with Crippen LogP contribution in [0.25, 0.3) is 0 Å². The number of carboxylic acid groups (broad SMARTS) is 1. The highest BCUT2D eigenvalue weighted by molar-refractivity contribution is 5.88. The number of hydrogen-bond donors (Lipinski definition) is 1. The normalized spacial score (nSPS) is 17.0. The van der Waals surface area contributed by atoms with E-state index >= 15 is 0 Å². The number of aromatic nitrogens is 2. The summed E-state index contributed by atoms with van der Waals surface area (Å²) in [7, 11) is 2.05. The fraction of sp³-hybridized carbons (Fsp3) is 0.615. The van der Waals surface area contributed by atoms with Gasteiger partial charge in [0, 0.05) is 18.8 Å². The summed E-state index contributed by atoms with van der Waals surface area (Å²) in [6, 6.07) is 0.551. The van der Waals surface area contributed by atoms with Crippen LogP contribution in [0, 0.1) is 0 Å². The lowest BCUT2D eigenvalue weighted by atomic mass is 9.94. The second kappa shape index (κ2) is 5.91. The van der Waals surface area contributed by atoms with Gasteiger partial charge in [0.05, 0.1) is 5.69 Å². The summed E-state index contributed by atoms with van der Waals surface area (Å²) in [5, 5.41) is 9.09. The van der Waals surface area contributed by atoms with Crippen molar-refractivity contribution in [1.29, 1.82) is 0 Å². The molecule has 0 aliphatic heterocycles. The van der Waals surface area contributed by atoms with Gasteiger partial charge in [0.15, 0.2) is 0 Å². The predicted molar refractivity (Wildman–Crippen MR) is 67.3 cm³/mol. The minimum absolute atomic E-state index is 0.208. The Morgan fingerprint density at radius 2 is 2.17 bits per heavy atom. The minimum atomic E-state index is -0.956. The lowest BCUT2D eigenvalue weighted by molar-refractivity contribution is 0.0692. The van der Waals surface area contributed by atoms with Gasteiger partial charge in [0.2, 0.25) is 0 Å². The van der Waals surface area contributed by atoms with Gasteiger partial charge in [0.1, 0.15) is 11.9 Å². The molecular weight excluding hydrogens is 230 g/mol. The van der Waals surface area contributed by atoms with E-state index in [-0.39, 0.29) is 5.56 Å². The third-order valence-electron chi connectivity index (χ3n) is 3.62. The van der Waals surface area contributed by atoms with Crippen LogP contribution in [0.2, 0.25) is 0 Å². The van der Waals surface area contributed by atoms with Crippen LogP contribution in [-0.4, -0.2) is 39.0 Å². The average Bonchev–Trinajstić information content (AvgIpc) is 2.40. The number of carbonyl (C=O) groups is 1. The van der Waals surface area contributed by atoms with Gasteiger partial charge >= 0.3 is 5.97 Å². The summed E-state index contributed by atoms with van der Waals surface area (Å²) in [5.74, 6) is -0.956. The fourth-order valence-electron chi connectivity index (χ4n) is 2.55. The third kappa shape index (κ3) is 3.04. The summed E-state index contributed by atoms with van der Waals surface area (Å²) in [5.41, 5.74) is 0.811. The lowest BCUT2D eigenvalue weighted by Crippen LogP contribution is -2.33. The SMILES string of the molecule is CN(Cc1ncncc1C(=O)O)C1CCCCC1. The first kappa shape index (κ1) is 13.0. The van der Waals surface area contributed by atoms with Gasteiger partial charge in [-0.05, 0) is 19.9 Å². The monoisotopic (exact) mass is 249 g/mol. The molecule has 1 aliphatic rings. The summed E-state index contributed by atoms with van der Waals surface area (Å²) >= 11 is 0. The molecule has 0 bridgehead atoms. The molecule has 2 rings (SSSR count). The van der Waals surface area contributed by atoms with Crippen molar-refractivity contribution in [3.8, 4) is 0 Å². The molecule has 18 heavy (non-hydrogen) atoms. The maximum atomic E-state index is 11.1. The van der Waals surface area contributed by atoms with Crippen LogP contribution in [0.4, 0.5) is 0 Å². The van der Waals surface area contributed by atoms with Crippen molar-refractivity contribution in [2.45, 2.75) is 44.7 Å². The first-order valence-corrected chi connectivity index (χ1v) is 6.41. The van der Waals surface area contributed by atoms with E-state index in [2.05, 4.69) is 14.9 Å². The molecule has 1 heterocycles. The molecule has 5 nitrogen and oxygen atoms in total. The highest BCUT2D eigenvalue weighted by Crippen LogP contribution is 2.22. The Hall–Kier alpha value is -1.49. The molecule has 1 fully saturated rings. The Balaban J connectivity index is 2.06. The van der Waals surface area contributed by atoms with Crippen molar-refractivity contribution in [2.24, 2.45) is 0 Å². The summed E-state index contributed by atoms with van der Waals surface area (Å²) < 4.78 is 0. The van der Waals surface area contributed by atoms with Crippen molar-refractivity contribution < 1.29 is 9.90 Å². The zero-order valence-electron chi connectivity index (χ0n) is 10.7. The quantitative estimate of drug-likeness (QED) is 0.883. The molecule has 98 valence electrons. The van der Waals surface area contributed by atoms with E-state index in [0.717, 1.165) is 0 Å². The molecule has 0 spiro atoms. The van der Waals surface area contributed by atoms with Crippen molar-refractivity contribution in [1.82, 2.24) is 14.9 Å². The second-order valence-corrected chi connectivity index (χ2v) is 4.90. The van der Waals surface area contributed by atoms with E-state index in [9.17, 15) is 4.79 Å². The predicted octanol–water partition coefficient (Wildman–Crippen LogP) is 1.94. The van der Waals surface area contributed by atoms with Crippen LogP contribution in [0.1, 0.15) is 48.2 Å². The molecule has 1 N–H and O–H groups in total. The van der Waals surface area contributed by atoms with Gasteiger partial charge in [-0.2, -0.15) is 0 Å². The standard InChI is InChI=1S/C13H19N3O2/c1-16(10-5-3-2-4-6-10)8-12-11(13(17)18)7-14-9-15-12/h7,9-10H,2-6,8H2,1H3,(H,17,18). The topological polar surface area (TPSA) is 66.3 Å². The van der Waals surface area contributed by atoms with Crippen LogP contribution >= 0.6 is 0 Å². The molecule has 0 amide bonds. The number of nitrogens with zero attached hydrogens (tertiary/aromatic N) is 3. The molecule has 0 saturated heterocycles. The maximum absolute atomic E-state index is 11.1. The van der Waals surface area contributed by atoms with Crippen LogP contribution in [0.3, 0.4) is 0 Å². The molecule has 1 aliphatic carbocycles. The van der Waals surface area contributed by atoms with Gasteiger partial charge < -0.3 is 5.11 Å². The Labute approximate surface area is 107 Å². The summed E-state index contributed by atoms with van der Waals surface area (Å²) in [4.78, 5) is 21.2. The van der Waals surface area contributed by atoms with E-state index in [1.165, 1.54) is 44.6 Å². The third-order valence-corrected chi connectivity index (χ3v) is 3.62. The maximum Gasteiger partial charge on any atom is 0.339 e. The van der Waals surface area contributed by atoms with Crippen molar-refractivity contribution >= 4 is 5.97 Å². The zero-order valence-corrected chi connectivity index (χ0v) is 10.7.